The first-order valence-corrected chi connectivity index (χ1v) is 6.13. The number of phenols is 1. The molecular weight excluding hydrogens is 216 g/mol. The lowest BCUT2D eigenvalue weighted by Gasteiger charge is -2.15. The number of carboxylic acids is 1. The fourth-order valence-corrected chi connectivity index (χ4v) is 2.49. The zero-order chi connectivity index (χ0) is 12.4. The number of phenolic OH excluding ortho intramolecular Hbond substituents is 1. The molecule has 0 saturated heterocycles. The molecule has 0 amide bonds. The fraction of sp³-hybridized carbons (Fsp3) is 0.500. The molecule has 1 fully saturated rings. The van der Waals surface area contributed by atoms with Crippen LogP contribution in [0.3, 0.4) is 0 Å². The van der Waals surface area contributed by atoms with E-state index in [-0.39, 0.29) is 11.7 Å². The lowest BCUT2D eigenvalue weighted by molar-refractivity contribution is -0.138. The lowest BCUT2D eigenvalue weighted by atomic mass is 9.90. The first kappa shape index (κ1) is 12.0. The van der Waals surface area contributed by atoms with Gasteiger partial charge < -0.3 is 10.2 Å². The molecule has 3 atom stereocenters. The third kappa shape index (κ3) is 2.78. The van der Waals surface area contributed by atoms with Gasteiger partial charge in [-0.3, -0.25) is 4.79 Å². The summed E-state index contributed by atoms with van der Waals surface area (Å²) in [6, 6.07) is 7.29. The summed E-state index contributed by atoms with van der Waals surface area (Å²) in [5.74, 6) is 0.157. The van der Waals surface area contributed by atoms with Crippen LogP contribution in [0.1, 0.15) is 37.7 Å². The van der Waals surface area contributed by atoms with E-state index in [1.165, 1.54) is 0 Å². The van der Waals surface area contributed by atoms with Crippen molar-refractivity contribution in [1.29, 1.82) is 0 Å². The Kier molecular flexibility index (Phi) is 3.36. The summed E-state index contributed by atoms with van der Waals surface area (Å²) in [7, 11) is 0. The van der Waals surface area contributed by atoms with E-state index in [1.54, 1.807) is 12.1 Å². The second-order valence-corrected chi connectivity index (χ2v) is 4.88. The Hall–Kier alpha value is -1.51. The molecule has 1 aliphatic rings. The molecule has 1 aliphatic carbocycles. The van der Waals surface area contributed by atoms with Gasteiger partial charge in [0.05, 0.1) is 5.92 Å². The first-order chi connectivity index (χ1) is 8.11. The van der Waals surface area contributed by atoms with Crippen molar-refractivity contribution in [2.45, 2.75) is 32.1 Å². The van der Waals surface area contributed by atoms with E-state index in [9.17, 15) is 9.90 Å². The molecule has 0 spiro atoms. The maximum Gasteiger partial charge on any atom is 0.306 e. The maximum atomic E-state index is 10.8. The van der Waals surface area contributed by atoms with Crippen LogP contribution in [0.15, 0.2) is 24.3 Å². The van der Waals surface area contributed by atoms with E-state index in [4.69, 9.17) is 5.11 Å². The van der Waals surface area contributed by atoms with Gasteiger partial charge in [-0.25, -0.2) is 0 Å². The van der Waals surface area contributed by atoms with Crippen molar-refractivity contribution in [3.05, 3.63) is 29.8 Å². The van der Waals surface area contributed by atoms with Gasteiger partial charge >= 0.3 is 5.97 Å². The van der Waals surface area contributed by atoms with Gasteiger partial charge in [0, 0.05) is 0 Å². The largest absolute Gasteiger partial charge is 0.508 e. The van der Waals surface area contributed by atoms with Gasteiger partial charge in [0.1, 0.15) is 5.75 Å². The molecule has 0 aliphatic heterocycles. The molecule has 0 heterocycles. The van der Waals surface area contributed by atoms with E-state index in [1.807, 2.05) is 12.1 Å². The van der Waals surface area contributed by atoms with Crippen LogP contribution in [0, 0.1) is 11.8 Å². The molecule has 3 unspecified atom stereocenters. The van der Waals surface area contributed by atoms with Crippen LogP contribution in [0.4, 0.5) is 0 Å². The number of aliphatic carboxylic acids is 1. The number of carboxylic acid groups (broad SMARTS) is 1. The van der Waals surface area contributed by atoms with Gasteiger partial charge in [0.15, 0.2) is 0 Å². The third-order valence-electron chi connectivity index (χ3n) is 3.66. The zero-order valence-corrected chi connectivity index (χ0v) is 9.97. The van der Waals surface area contributed by atoms with Gasteiger partial charge in [-0.1, -0.05) is 19.1 Å². The molecule has 92 valence electrons. The molecule has 1 saturated carbocycles. The normalized spacial score (nSPS) is 24.3. The van der Waals surface area contributed by atoms with Crippen molar-refractivity contribution in [2.75, 3.05) is 0 Å². The molecule has 17 heavy (non-hydrogen) atoms. The number of rotatable bonds is 5. The highest BCUT2D eigenvalue weighted by Gasteiger charge is 2.43. The van der Waals surface area contributed by atoms with Crippen molar-refractivity contribution in [3.8, 4) is 5.75 Å². The second-order valence-electron chi connectivity index (χ2n) is 4.88. The summed E-state index contributed by atoms with van der Waals surface area (Å²) >= 11 is 0. The molecule has 1 aromatic rings. The highest BCUT2D eigenvalue weighted by atomic mass is 16.4. The average molecular weight is 234 g/mol. The van der Waals surface area contributed by atoms with E-state index in [2.05, 4.69) is 6.92 Å². The quantitative estimate of drug-likeness (QED) is 0.823. The smallest absolute Gasteiger partial charge is 0.306 e. The van der Waals surface area contributed by atoms with Crippen molar-refractivity contribution in [2.24, 2.45) is 11.8 Å². The Labute approximate surface area is 101 Å². The zero-order valence-electron chi connectivity index (χ0n) is 9.97. The Morgan fingerprint density at radius 1 is 1.53 bits per heavy atom. The Morgan fingerprint density at radius 3 is 2.82 bits per heavy atom. The first-order valence-electron chi connectivity index (χ1n) is 6.13. The summed E-state index contributed by atoms with van der Waals surface area (Å²) < 4.78 is 0. The predicted molar refractivity (Wildman–Crippen MR) is 65.0 cm³/mol. The highest BCUT2D eigenvalue weighted by molar-refractivity contribution is 5.73. The van der Waals surface area contributed by atoms with Crippen LogP contribution in [0.2, 0.25) is 0 Å². The van der Waals surface area contributed by atoms with Crippen molar-refractivity contribution < 1.29 is 15.0 Å². The summed E-state index contributed by atoms with van der Waals surface area (Å²) in [6.45, 7) is 2.10. The molecule has 3 heteroatoms. The molecular formula is C14H18O3. The molecule has 2 rings (SSSR count). The topological polar surface area (TPSA) is 57.5 Å². The van der Waals surface area contributed by atoms with E-state index >= 15 is 0 Å². The minimum Gasteiger partial charge on any atom is -0.508 e. The van der Waals surface area contributed by atoms with Gasteiger partial charge in [-0.05, 0) is 48.8 Å². The van der Waals surface area contributed by atoms with Crippen LogP contribution in [0.25, 0.3) is 0 Å². The lowest BCUT2D eigenvalue weighted by Crippen LogP contribution is -2.03. The standard InChI is InChI=1S/C14H18O3/c1-2-9(6-11-8-13(11)14(16)17)10-4-3-5-12(15)7-10/h3-5,7,9,11,13,15H,2,6,8H2,1H3,(H,16,17). The van der Waals surface area contributed by atoms with E-state index < -0.39 is 5.97 Å². The van der Waals surface area contributed by atoms with Gasteiger partial charge in [-0.15, -0.1) is 0 Å². The maximum absolute atomic E-state index is 10.8. The van der Waals surface area contributed by atoms with E-state index in [0.717, 1.165) is 24.8 Å². The van der Waals surface area contributed by atoms with Crippen LogP contribution in [-0.4, -0.2) is 16.2 Å². The SMILES string of the molecule is CCC(CC1CC1C(=O)O)c1cccc(O)c1. The molecule has 1 aromatic carbocycles. The average Bonchev–Trinajstić information content (AvgIpc) is 3.05. The number of carbonyl (C=O) groups is 1. The molecule has 0 radical (unpaired) electrons. The van der Waals surface area contributed by atoms with Crippen LogP contribution >= 0.6 is 0 Å². The Morgan fingerprint density at radius 2 is 2.29 bits per heavy atom. The predicted octanol–water partition coefficient (Wildman–Crippen LogP) is 3.00. The fourth-order valence-electron chi connectivity index (χ4n) is 2.49. The molecule has 0 aromatic heterocycles. The van der Waals surface area contributed by atoms with Gasteiger partial charge in [0.25, 0.3) is 0 Å². The van der Waals surface area contributed by atoms with Crippen LogP contribution < -0.4 is 0 Å². The Balaban J connectivity index is 2.00. The highest BCUT2D eigenvalue weighted by Crippen LogP contribution is 2.46. The summed E-state index contributed by atoms with van der Waals surface area (Å²) in [6.07, 6.45) is 2.70. The minimum absolute atomic E-state index is 0.138. The number of aromatic hydroxyl groups is 1. The Bertz CT molecular complexity index is 414. The third-order valence-corrected chi connectivity index (χ3v) is 3.66. The minimum atomic E-state index is -0.666. The van der Waals surface area contributed by atoms with Crippen LogP contribution in [0.5, 0.6) is 5.75 Å². The molecule has 2 N–H and O–H groups in total. The molecule has 0 bridgehead atoms. The monoisotopic (exact) mass is 234 g/mol. The second kappa shape index (κ2) is 4.78. The van der Waals surface area contributed by atoms with Crippen molar-refractivity contribution >= 4 is 5.97 Å². The summed E-state index contributed by atoms with van der Waals surface area (Å²) in [4.78, 5) is 10.8. The van der Waals surface area contributed by atoms with Gasteiger partial charge in [-0.2, -0.15) is 0 Å². The summed E-state index contributed by atoms with van der Waals surface area (Å²) in [5.41, 5.74) is 1.11. The van der Waals surface area contributed by atoms with Crippen LogP contribution in [-0.2, 0) is 4.79 Å². The van der Waals surface area contributed by atoms with Crippen molar-refractivity contribution in [1.82, 2.24) is 0 Å². The van der Waals surface area contributed by atoms with Crippen molar-refractivity contribution in [3.63, 3.8) is 0 Å². The number of hydrogen-bond acceptors (Lipinski definition) is 2. The molecule has 3 nitrogen and oxygen atoms in total. The van der Waals surface area contributed by atoms with Gasteiger partial charge in [0.2, 0.25) is 0 Å². The number of benzene rings is 1. The van der Waals surface area contributed by atoms with E-state index in [0.29, 0.717) is 11.8 Å². The number of hydrogen-bond donors (Lipinski definition) is 2. The summed E-state index contributed by atoms with van der Waals surface area (Å²) in [5, 5.41) is 18.3.